The molecule has 0 radical (unpaired) electrons. The molecule has 0 unspecified atom stereocenters. The minimum atomic E-state index is 0.0230. The normalized spacial score (nSPS) is 14.6. The van der Waals surface area contributed by atoms with Gasteiger partial charge in [0.15, 0.2) is 0 Å². The molecule has 8 nitrogen and oxygen atoms in total. The summed E-state index contributed by atoms with van der Waals surface area (Å²) < 4.78 is 1.12. The van der Waals surface area contributed by atoms with Crippen LogP contribution in [-0.4, -0.2) is 67.9 Å². The molecule has 1 amide bonds. The van der Waals surface area contributed by atoms with Crippen molar-refractivity contribution in [1.82, 2.24) is 29.7 Å². The molecule has 174 valence electrons. The third-order valence-corrected chi connectivity index (χ3v) is 6.95. The fourth-order valence-electron chi connectivity index (χ4n) is 4.13. The highest BCUT2D eigenvalue weighted by molar-refractivity contribution is 7.16. The number of benzene rings is 1. The third-order valence-electron chi connectivity index (χ3n) is 6.16. The topological polar surface area (TPSA) is 87.1 Å². The number of nitrogens with one attached hydrogen (secondary N) is 1. The maximum absolute atomic E-state index is 12.9. The van der Waals surface area contributed by atoms with Gasteiger partial charge in [0.1, 0.15) is 5.82 Å². The average Bonchev–Trinajstić information content (AvgIpc) is 3.33. The minimum Gasteiger partial charge on any atom is -0.336 e. The number of rotatable bonds is 5. The Hall–Kier alpha value is -3.43. The number of piperazine rings is 1. The molecule has 1 aliphatic rings. The number of carbonyl (C=O) groups excluding carboxylic acids is 1. The molecular formula is C25H27N7OS. The second-order valence-corrected chi connectivity index (χ2v) is 9.63. The number of hydrogen-bond donors (Lipinski definition) is 1. The maximum atomic E-state index is 12.9. The smallest absolute Gasteiger partial charge is 0.255 e. The Morgan fingerprint density at radius 3 is 2.59 bits per heavy atom. The molecule has 1 aliphatic heterocycles. The molecule has 1 fully saturated rings. The quantitative estimate of drug-likeness (QED) is 0.461. The van der Waals surface area contributed by atoms with Crippen LogP contribution < -0.4 is 5.32 Å². The standard InChI is InChI=1S/C25H27N7OS/c1-16(2)31-8-10-32(11-9-31)24(33)19-5-7-22(26-14-19)29-25-27-13-17(3)23(30-25)18-4-6-20-21(12-18)34-15-28-20/h4-7,12-16H,8-11H2,1-3H3,(H,26,27,29,30). The molecule has 3 aromatic heterocycles. The molecule has 0 spiro atoms. The van der Waals surface area contributed by atoms with Gasteiger partial charge in [-0.25, -0.2) is 19.9 Å². The number of amides is 1. The summed E-state index contributed by atoms with van der Waals surface area (Å²) in [6, 6.07) is 10.2. The molecule has 0 aliphatic carbocycles. The number of aromatic nitrogens is 4. The molecule has 0 atom stereocenters. The molecular weight excluding hydrogens is 446 g/mol. The van der Waals surface area contributed by atoms with Crippen LogP contribution in [0.5, 0.6) is 0 Å². The number of fused-ring (bicyclic) bond motifs is 1. The zero-order valence-corrected chi connectivity index (χ0v) is 20.3. The second-order valence-electron chi connectivity index (χ2n) is 8.74. The summed E-state index contributed by atoms with van der Waals surface area (Å²) in [5.74, 6) is 1.07. The monoisotopic (exact) mass is 473 g/mol. The van der Waals surface area contributed by atoms with Crippen molar-refractivity contribution >= 4 is 39.2 Å². The molecule has 0 bridgehead atoms. The van der Waals surface area contributed by atoms with E-state index in [1.54, 1.807) is 35.9 Å². The van der Waals surface area contributed by atoms with Crippen LogP contribution in [0.1, 0.15) is 29.8 Å². The van der Waals surface area contributed by atoms with Gasteiger partial charge in [0.05, 0.1) is 27.0 Å². The lowest BCUT2D eigenvalue weighted by Gasteiger charge is -2.36. The van der Waals surface area contributed by atoms with E-state index >= 15 is 0 Å². The lowest BCUT2D eigenvalue weighted by atomic mass is 10.1. The Labute approximate surface area is 202 Å². The van der Waals surface area contributed by atoms with Crippen LogP contribution >= 0.6 is 11.3 Å². The SMILES string of the molecule is Cc1cnc(Nc2ccc(C(=O)N3CCN(C(C)C)CC3)cn2)nc1-c1ccc2ncsc2c1. The van der Waals surface area contributed by atoms with E-state index in [4.69, 9.17) is 4.98 Å². The van der Waals surface area contributed by atoms with E-state index in [-0.39, 0.29) is 5.91 Å². The van der Waals surface area contributed by atoms with E-state index in [0.29, 0.717) is 23.4 Å². The fraction of sp³-hybridized carbons (Fsp3) is 0.320. The van der Waals surface area contributed by atoms with Crippen molar-refractivity contribution in [1.29, 1.82) is 0 Å². The predicted octanol–water partition coefficient (Wildman–Crippen LogP) is 4.37. The zero-order chi connectivity index (χ0) is 23.7. The summed E-state index contributed by atoms with van der Waals surface area (Å²) >= 11 is 1.61. The molecule has 34 heavy (non-hydrogen) atoms. The fourth-order valence-corrected chi connectivity index (χ4v) is 4.85. The number of carbonyl (C=O) groups is 1. The summed E-state index contributed by atoms with van der Waals surface area (Å²) in [4.78, 5) is 35.1. The summed E-state index contributed by atoms with van der Waals surface area (Å²) in [5.41, 5.74) is 6.29. The Balaban J connectivity index is 1.29. The van der Waals surface area contributed by atoms with Crippen molar-refractivity contribution in [2.45, 2.75) is 26.8 Å². The van der Waals surface area contributed by atoms with Gasteiger partial charge in [0.25, 0.3) is 5.91 Å². The van der Waals surface area contributed by atoms with E-state index in [9.17, 15) is 4.79 Å². The molecule has 4 heterocycles. The van der Waals surface area contributed by atoms with E-state index in [0.717, 1.165) is 53.2 Å². The van der Waals surface area contributed by atoms with Gasteiger partial charge < -0.3 is 10.2 Å². The van der Waals surface area contributed by atoms with Crippen molar-refractivity contribution in [2.75, 3.05) is 31.5 Å². The summed E-state index contributed by atoms with van der Waals surface area (Å²) in [7, 11) is 0. The van der Waals surface area contributed by atoms with Gasteiger partial charge in [-0.15, -0.1) is 11.3 Å². The van der Waals surface area contributed by atoms with Gasteiger partial charge in [0.2, 0.25) is 5.95 Å². The van der Waals surface area contributed by atoms with Gasteiger partial charge in [-0.2, -0.15) is 0 Å². The Kier molecular flexibility index (Phi) is 6.21. The molecule has 0 saturated carbocycles. The maximum Gasteiger partial charge on any atom is 0.255 e. The zero-order valence-electron chi connectivity index (χ0n) is 19.5. The van der Waals surface area contributed by atoms with Crippen LogP contribution in [0.3, 0.4) is 0 Å². The second kappa shape index (κ2) is 9.44. The van der Waals surface area contributed by atoms with Crippen LogP contribution in [0.4, 0.5) is 11.8 Å². The van der Waals surface area contributed by atoms with E-state index in [1.165, 1.54) is 0 Å². The minimum absolute atomic E-state index is 0.0230. The Morgan fingerprint density at radius 2 is 1.85 bits per heavy atom. The summed E-state index contributed by atoms with van der Waals surface area (Å²) in [5, 5.41) is 3.16. The van der Waals surface area contributed by atoms with Gasteiger partial charge >= 0.3 is 0 Å². The highest BCUT2D eigenvalue weighted by Crippen LogP contribution is 2.28. The molecule has 9 heteroatoms. The number of pyridine rings is 1. The first-order chi connectivity index (χ1) is 16.5. The number of aryl methyl sites for hydroxylation is 1. The van der Waals surface area contributed by atoms with Crippen LogP contribution in [0, 0.1) is 6.92 Å². The number of nitrogens with zero attached hydrogens (tertiary/aromatic N) is 6. The van der Waals surface area contributed by atoms with Crippen LogP contribution in [0.25, 0.3) is 21.5 Å². The molecule has 4 aromatic rings. The summed E-state index contributed by atoms with van der Waals surface area (Å²) in [6.45, 7) is 9.66. The van der Waals surface area contributed by atoms with Crippen molar-refractivity contribution in [3.05, 3.63) is 59.4 Å². The van der Waals surface area contributed by atoms with Gasteiger partial charge in [-0.05, 0) is 50.6 Å². The van der Waals surface area contributed by atoms with Crippen LogP contribution in [-0.2, 0) is 0 Å². The first-order valence-corrected chi connectivity index (χ1v) is 12.3. The average molecular weight is 474 g/mol. The highest BCUT2D eigenvalue weighted by atomic mass is 32.1. The van der Waals surface area contributed by atoms with Crippen molar-refractivity contribution in [3.8, 4) is 11.3 Å². The van der Waals surface area contributed by atoms with E-state index in [2.05, 4.69) is 45.1 Å². The molecule has 1 saturated heterocycles. The largest absolute Gasteiger partial charge is 0.336 e. The van der Waals surface area contributed by atoms with Gasteiger partial charge in [0, 0.05) is 50.2 Å². The van der Waals surface area contributed by atoms with Crippen molar-refractivity contribution in [3.63, 3.8) is 0 Å². The summed E-state index contributed by atoms with van der Waals surface area (Å²) in [6.07, 6.45) is 3.42. The van der Waals surface area contributed by atoms with Crippen molar-refractivity contribution in [2.24, 2.45) is 0 Å². The Bertz CT molecular complexity index is 1310. The molecule has 1 aromatic carbocycles. The van der Waals surface area contributed by atoms with E-state index < -0.39 is 0 Å². The Morgan fingerprint density at radius 1 is 1.03 bits per heavy atom. The first kappa shape index (κ1) is 22.4. The molecule has 1 N–H and O–H groups in total. The molecule has 5 rings (SSSR count). The van der Waals surface area contributed by atoms with Gasteiger partial charge in [-0.1, -0.05) is 6.07 Å². The highest BCUT2D eigenvalue weighted by Gasteiger charge is 2.23. The van der Waals surface area contributed by atoms with Crippen LogP contribution in [0.2, 0.25) is 0 Å². The number of anilines is 2. The third kappa shape index (κ3) is 4.62. The van der Waals surface area contributed by atoms with E-state index in [1.807, 2.05) is 29.5 Å². The number of thiazole rings is 1. The number of hydrogen-bond acceptors (Lipinski definition) is 8. The lowest BCUT2D eigenvalue weighted by molar-refractivity contribution is 0.0595. The van der Waals surface area contributed by atoms with Crippen LogP contribution in [0.15, 0.2) is 48.2 Å². The van der Waals surface area contributed by atoms with Gasteiger partial charge in [-0.3, -0.25) is 9.69 Å². The lowest BCUT2D eigenvalue weighted by Crippen LogP contribution is -2.50. The predicted molar refractivity (Wildman–Crippen MR) is 136 cm³/mol. The van der Waals surface area contributed by atoms with Crippen molar-refractivity contribution < 1.29 is 4.79 Å². The first-order valence-electron chi connectivity index (χ1n) is 11.4.